The number of allylic oxidation sites excluding steroid dienone is 1. The van der Waals surface area contributed by atoms with Gasteiger partial charge in [0.2, 0.25) is 11.8 Å². The highest BCUT2D eigenvalue weighted by Crippen LogP contribution is 2.15. The van der Waals surface area contributed by atoms with Crippen molar-refractivity contribution in [3.8, 4) is 0 Å². The number of hydrogen-bond acceptors (Lipinski definition) is 9. The van der Waals surface area contributed by atoms with Crippen LogP contribution in [0.25, 0.3) is 0 Å². The summed E-state index contributed by atoms with van der Waals surface area (Å²) in [4.78, 5) is 75.6. The van der Waals surface area contributed by atoms with Crippen molar-refractivity contribution in [3.63, 3.8) is 0 Å². The second kappa shape index (κ2) is 16.5. The average Bonchev–Trinajstić information content (AvgIpc) is 2.88. The first kappa shape index (κ1) is 36.9. The largest absolute Gasteiger partial charge is 0.466 e. The molecular formula is C30H46N4O9. The van der Waals surface area contributed by atoms with Crippen LogP contribution in [0.4, 0.5) is 10.5 Å². The molecule has 13 heteroatoms. The Balaban J connectivity index is 3.09. The van der Waals surface area contributed by atoms with E-state index < -0.39 is 65.2 Å². The number of ether oxygens (including phenoxy) is 3. The fraction of sp³-hybridized carbons (Fsp3) is 0.600. The predicted octanol–water partition coefficient (Wildman–Crippen LogP) is 3.06. The zero-order valence-electron chi connectivity index (χ0n) is 26.6. The van der Waals surface area contributed by atoms with E-state index in [1.165, 1.54) is 37.6 Å². The van der Waals surface area contributed by atoms with Crippen molar-refractivity contribution < 1.29 is 38.2 Å². The summed E-state index contributed by atoms with van der Waals surface area (Å²) in [6.45, 7) is 13.5. The van der Waals surface area contributed by atoms with Gasteiger partial charge in [-0.25, -0.2) is 14.4 Å². The highest BCUT2D eigenvalue weighted by molar-refractivity contribution is 5.96. The zero-order chi connectivity index (χ0) is 33.0. The minimum atomic E-state index is -1.13. The number of carbonyl (C=O) groups is 5. The monoisotopic (exact) mass is 606 g/mol. The van der Waals surface area contributed by atoms with Gasteiger partial charge in [-0.2, -0.15) is 0 Å². The van der Waals surface area contributed by atoms with E-state index in [9.17, 15) is 28.8 Å². The normalized spacial score (nSPS) is 13.8. The van der Waals surface area contributed by atoms with Gasteiger partial charge < -0.3 is 34.7 Å². The second-order valence-electron chi connectivity index (χ2n) is 12.0. The van der Waals surface area contributed by atoms with E-state index in [0.29, 0.717) is 6.42 Å². The quantitative estimate of drug-likeness (QED) is 0.173. The number of alkyl carbamates (subject to hydrolysis) is 1. The Hall–Kier alpha value is -4.16. The Morgan fingerprint density at radius 3 is 2.19 bits per heavy atom. The van der Waals surface area contributed by atoms with Gasteiger partial charge >= 0.3 is 18.0 Å². The third-order valence-electron chi connectivity index (χ3n) is 5.87. The summed E-state index contributed by atoms with van der Waals surface area (Å²) in [5, 5.41) is 7.65. The molecule has 0 aliphatic heterocycles. The molecule has 0 fully saturated rings. The lowest BCUT2D eigenvalue weighted by molar-refractivity contribution is -0.160. The lowest BCUT2D eigenvalue weighted by Crippen LogP contribution is -2.49. The van der Waals surface area contributed by atoms with Gasteiger partial charge in [-0.3, -0.25) is 14.4 Å². The summed E-state index contributed by atoms with van der Waals surface area (Å²) in [6.07, 6.45) is 4.10. The average molecular weight is 607 g/mol. The topological polar surface area (TPSA) is 171 Å². The molecule has 0 aliphatic carbocycles. The van der Waals surface area contributed by atoms with Crippen molar-refractivity contribution in [1.29, 1.82) is 0 Å². The van der Waals surface area contributed by atoms with Gasteiger partial charge in [-0.1, -0.05) is 26.3 Å². The first-order valence-electron chi connectivity index (χ1n) is 14.1. The van der Waals surface area contributed by atoms with E-state index in [-0.39, 0.29) is 24.4 Å². The van der Waals surface area contributed by atoms with Crippen molar-refractivity contribution in [2.24, 2.45) is 5.92 Å². The van der Waals surface area contributed by atoms with E-state index in [1.54, 1.807) is 41.5 Å². The summed E-state index contributed by atoms with van der Waals surface area (Å²) < 4.78 is 16.3. The molecule has 1 rings (SSSR count). The standard InChI is InChI=1S/C30H46N4O9/c1-10-19(2)24(27(39)42-29(3,4)5)33-22(35)18-34-17-13-15-21(26(34)38)31-25(37)20(14-11-12-16-23(36)41-9)32-28(40)43-30(6,7)8/h12-13,15-17,19-20,24H,10-11,14,18H2,1-9H3,(H,31,37)(H,32,40)(H,33,35)/b16-12+/t19-,20?,24+/m1/s1. The fourth-order valence-electron chi connectivity index (χ4n) is 3.61. The molecule has 3 atom stereocenters. The van der Waals surface area contributed by atoms with E-state index in [0.717, 1.165) is 4.57 Å². The van der Waals surface area contributed by atoms with Gasteiger partial charge in [0.15, 0.2) is 0 Å². The third-order valence-corrected chi connectivity index (χ3v) is 5.87. The van der Waals surface area contributed by atoms with E-state index in [4.69, 9.17) is 9.47 Å². The SMILES string of the molecule is CC[C@@H](C)[C@H](NC(=O)Cn1cccc(NC(=O)C(CC/C=C/C(=O)OC)NC(=O)OC(C)(C)C)c1=O)C(=O)OC(C)(C)C. The van der Waals surface area contributed by atoms with Crippen LogP contribution < -0.4 is 21.5 Å². The Labute approximate surface area is 252 Å². The first-order valence-corrected chi connectivity index (χ1v) is 14.1. The number of aromatic nitrogens is 1. The zero-order valence-corrected chi connectivity index (χ0v) is 26.6. The molecule has 0 radical (unpaired) electrons. The molecule has 0 bridgehead atoms. The number of esters is 2. The van der Waals surface area contributed by atoms with Crippen LogP contribution in [-0.4, -0.2) is 64.8 Å². The number of carbonyl (C=O) groups excluding carboxylic acids is 5. The van der Waals surface area contributed by atoms with Crippen LogP contribution in [0.1, 0.15) is 74.7 Å². The number of methoxy groups -OCH3 is 1. The molecule has 240 valence electrons. The van der Waals surface area contributed by atoms with Crippen LogP contribution in [0.15, 0.2) is 35.3 Å². The van der Waals surface area contributed by atoms with Gasteiger partial charge in [0.1, 0.15) is 35.5 Å². The van der Waals surface area contributed by atoms with Gasteiger partial charge in [0.25, 0.3) is 5.56 Å². The van der Waals surface area contributed by atoms with Crippen LogP contribution in [0.5, 0.6) is 0 Å². The Kier molecular flexibility index (Phi) is 14.1. The molecule has 1 aromatic heterocycles. The predicted molar refractivity (Wildman–Crippen MR) is 160 cm³/mol. The number of nitrogens with one attached hydrogen (secondary N) is 3. The maximum absolute atomic E-state index is 13.2. The Morgan fingerprint density at radius 1 is 1.00 bits per heavy atom. The molecule has 13 nitrogen and oxygen atoms in total. The molecule has 0 saturated carbocycles. The number of nitrogens with zero attached hydrogens (tertiary/aromatic N) is 1. The molecule has 43 heavy (non-hydrogen) atoms. The van der Waals surface area contributed by atoms with E-state index in [1.807, 2.05) is 13.8 Å². The van der Waals surface area contributed by atoms with Crippen LogP contribution in [0, 0.1) is 5.92 Å². The first-order chi connectivity index (χ1) is 19.9. The van der Waals surface area contributed by atoms with Gasteiger partial charge in [0.05, 0.1) is 7.11 Å². The smallest absolute Gasteiger partial charge is 0.408 e. The van der Waals surface area contributed by atoms with Gasteiger partial charge in [-0.15, -0.1) is 0 Å². The summed E-state index contributed by atoms with van der Waals surface area (Å²) in [5.41, 5.74) is -2.37. The second-order valence-corrected chi connectivity index (χ2v) is 12.0. The molecule has 0 spiro atoms. The van der Waals surface area contributed by atoms with Crippen LogP contribution in [0.3, 0.4) is 0 Å². The van der Waals surface area contributed by atoms with Crippen molar-refractivity contribution in [3.05, 3.63) is 40.8 Å². The highest BCUT2D eigenvalue weighted by atomic mass is 16.6. The Bertz CT molecular complexity index is 1230. The fourth-order valence-corrected chi connectivity index (χ4v) is 3.61. The number of anilines is 1. The molecule has 3 N–H and O–H groups in total. The molecule has 1 aromatic rings. The summed E-state index contributed by atoms with van der Waals surface area (Å²) in [7, 11) is 1.23. The number of amides is 3. The van der Waals surface area contributed by atoms with Crippen LogP contribution in [-0.2, 0) is 39.9 Å². The number of rotatable bonds is 13. The lowest BCUT2D eigenvalue weighted by atomic mass is 9.99. The van der Waals surface area contributed by atoms with Gasteiger partial charge in [-0.05, 0) is 72.4 Å². The minimum absolute atomic E-state index is 0.0731. The van der Waals surface area contributed by atoms with Crippen molar-refractivity contribution in [2.75, 3.05) is 12.4 Å². The van der Waals surface area contributed by atoms with Crippen molar-refractivity contribution in [1.82, 2.24) is 15.2 Å². The van der Waals surface area contributed by atoms with Crippen LogP contribution in [0.2, 0.25) is 0 Å². The van der Waals surface area contributed by atoms with Crippen LogP contribution >= 0.6 is 0 Å². The molecule has 3 amide bonds. The van der Waals surface area contributed by atoms with Crippen molar-refractivity contribution in [2.45, 2.75) is 104 Å². The van der Waals surface area contributed by atoms with Crippen molar-refractivity contribution >= 4 is 35.5 Å². The van der Waals surface area contributed by atoms with E-state index >= 15 is 0 Å². The molecule has 0 saturated heterocycles. The molecule has 1 unspecified atom stereocenters. The lowest BCUT2D eigenvalue weighted by Gasteiger charge is -2.27. The molecular weight excluding hydrogens is 560 g/mol. The Morgan fingerprint density at radius 2 is 1.63 bits per heavy atom. The molecule has 0 aromatic carbocycles. The molecule has 0 aliphatic rings. The van der Waals surface area contributed by atoms with E-state index in [2.05, 4.69) is 20.7 Å². The maximum atomic E-state index is 13.2. The summed E-state index contributed by atoms with van der Waals surface area (Å²) in [6, 6.07) is 0.792. The number of pyridine rings is 1. The molecule has 1 heterocycles. The highest BCUT2D eigenvalue weighted by Gasteiger charge is 2.31. The van der Waals surface area contributed by atoms with Gasteiger partial charge in [0, 0.05) is 12.3 Å². The maximum Gasteiger partial charge on any atom is 0.408 e. The third kappa shape index (κ3) is 14.0. The summed E-state index contributed by atoms with van der Waals surface area (Å²) in [5.74, 6) is -2.68. The minimum Gasteiger partial charge on any atom is -0.466 e. The summed E-state index contributed by atoms with van der Waals surface area (Å²) >= 11 is 0. The number of hydrogen-bond donors (Lipinski definition) is 3.